The number of amides is 1. The van der Waals surface area contributed by atoms with Crippen molar-refractivity contribution in [1.82, 2.24) is 0 Å². The molecule has 0 bridgehead atoms. The zero-order valence-electron chi connectivity index (χ0n) is 11.1. The molecule has 0 saturated heterocycles. The molecular weight excluding hydrogens is 387 g/mol. The van der Waals surface area contributed by atoms with Crippen LogP contribution in [0, 0.1) is 17.4 Å². The van der Waals surface area contributed by atoms with E-state index in [9.17, 15) is 4.79 Å². The summed E-state index contributed by atoms with van der Waals surface area (Å²) in [4.78, 5) is 12.4. The summed E-state index contributed by atoms with van der Waals surface area (Å²) in [5, 5.41) is 3.46. The molecule has 0 unspecified atom stereocenters. The SMILES string of the molecule is Cc1ccc(N)c(C)c1NC(=O)c1cc(Cl)ccc1I. The second-order valence-corrected chi connectivity index (χ2v) is 6.15. The van der Waals surface area contributed by atoms with E-state index in [0.717, 1.165) is 20.4 Å². The first-order valence-corrected chi connectivity index (χ1v) is 7.48. The Bertz CT molecular complexity index is 686. The third kappa shape index (κ3) is 3.07. The Hall–Kier alpha value is -1.27. The van der Waals surface area contributed by atoms with Crippen LogP contribution in [0.1, 0.15) is 21.5 Å². The van der Waals surface area contributed by atoms with E-state index in [4.69, 9.17) is 17.3 Å². The molecule has 0 spiro atoms. The summed E-state index contributed by atoms with van der Waals surface area (Å²) in [6.45, 7) is 3.83. The van der Waals surface area contributed by atoms with Crippen molar-refractivity contribution in [3.63, 3.8) is 0 Å². The van der Waals surface area contributed by atoms with E-state index in [2.05, 4.69) is 27.9 Å². The monoisotopic (exact) mass is 400 g/mol. The third-order valence-electron chi connectivity index (χ3n) is 3.13. The van der Waals surface area contributed by atoms with Gasteiger partial charge in [-0.3, -0.25) is 4.79 Å². The lowest BCUT2D eigenvalue weighted by atomic mass is 10.1. The smallest absolute Gasteiger partial charge is 0.256 e. The molecule has 20 heavy (non-hydrogen) atoms. The largest absolute Gasteiger partial charge is 0.398 e. The minimum atomic E-state index is -0.186. The van der Waals surface area contributed by atoms with Crippen LogP contribution in [-0.4, -0.2) is 5.91 Å². The Morgan fingerprint density at radius 3 is 2.65 bits per heavy atom. The van der Waals surface area contributed by atoms with Crippen LogP contribution >= 0.6 is 34.2 Å². The van der Waals surface area contributed by atoms with Gasteiger partial charge < -0.3 is 11.1 Å². The van der Waals surface area contributed by atoms with Gasteiger partial charge in [0.05, 0.1) is 5.56 Å². The summed E-state index contributed by atoms with van der Waals surface area (Å²) >= 11 is 8.06. The zero-order chi connectivity index (χ0) is 14.9. The highest BCUT2D eigenvalue weighted by atomic mass is 127. The Morgan fingerprint density at radius 2 is 1.95 bits per heavy atom. The van der Waals surface area contributed by atoms with Crippen molar-refractivity contribution < 1.29 is 4.79 Å². The molecule has 0 fully saturated rings. The molecule has 0 heterocycles. The summed E-state index contributed by atoms with van der Waals surface area (Å²) < 4.78 is 0.851. The molecule has 0 atom stereocenters. The van der Waals surface area contributed by atoms with Gasteiger partial charge in [-0.25, -0.2) is 0 Å². The molecule has 3 nitrogen and oxygen atoms in total. The fourth-order valence-corrected chi connectivity index (χ4v) is 2.66. The number of aryl methyl sites for hydroxylation is 1. The number of rotatable bonds is 2. The number of nitrogens with two attached hydrogens (primary N) is 1. The fraction of sp³-hybridized carbons (Fsp3) is 0.133. The van der Waals surface area contributed by atoms with E-state index >= 15 is 0 Å². The molecule has 2 aromatic carbocycles. The molecule has 3 N–H and O–H groups in total. The maximum absolute atomic E-state index is 12.4. The van der Waals surface area contributed by atoms with Gasteiger partial charge in [0.2, 0.25) is 0 Å². The van der Waals surface area contributed by atoms with Crippen molar-refractivity contribution in [2.75, 3.05) is 11.1 Å². The van der Waals surface area contributed by atoms with Gasteiger partial charge in [0, 0.05) is 20.0 Å². The van der Waals surface area contributed by atoms with Gasteiger partial charge in [-0.2, -0.15) is 0 Å². The standard InChI is InChI=1S/C15H14ClIN2O/c1-8-3-6-13(18)9(2)14(8)19-15(20)11-7-10(16)4-5-12(11)17/h3-7H,18H2,1-2H3,(H,19,20). The van der Waals surface area contributed by atoms with E-state index in [-0.39, 0.29) is 5.91 Å². The number of hydrogen-bond acceptors (Lipinski definition) is 2. The van der Waals surface area contributed by atoms with Gasteiger partial charge in [-0.15, -0.1) is 0 Å². The molecule has 2 rings (SSSR count). The lowest BCUT2D eigenvalue weighted by Gasteiger charge is -2.14. The maximum Gasteiger partial charge on any atom is 0.256 e. The number of carbonyl (C=O) groups is 1. The minimum absolute atomic E-state index is 0.186. The van der Waals surface area contributed by atoms with Crippen LogP contribution in [0.3, 0.4) is 0 Å². The number of benzene rings is 2. The van der Waals surface area contributed by atoms with Crippen LogP contribution in [0.25, 0.3) is 0 Å². The quantitative estimate of drug-likeness (QED) is 0.580. The second kappa shape index (κ2) is 6.01. The number of hydrogen-bond donors (Lipinski definition) is 2. The molecule has 104 valence electrons. The lowest BCUT2D eigenvalue weighted by Crippen LogP contribution is -2.15. The zero-order valence-corrected chi connectivity index (χ0v) is 14.0. The molecule has 1 amide bonds. The van der Waals surface area contributed by atoms with E-state index in [1.165, 1.54) is 0 Å². The first-order chi connectivity index (χ1) is 9.40. The minimum Gasteiger partial charge on any atom is -0.398 e. The van der Waals surface area contributed by atoms with Gasteiger partial charge in [-0.1, -0.05) is 17.7 Å². The third-order valence-corrected chi connectivity index (χ3v) is 4.30. The summed E-state index contributed by atoms with van der Waals surface area (Å²) in [5.74, 6) is -0.186. The summed E-state index contributed by atoms with van der Waals surface area (Å²) in [6, 6.07) is 8.97. The van der Waals surface area contributed by atoms with Crippen molar-refractivity contribution in [3.05, 3.63) is 55.6 Å². The lowest BCUT2D eigenvalue weighted by molar-refractivity contribution is 0.102. The summed E-state index contributed by atoms with van der Waals surface area (Å²) in [7, 11) is 0. The number of nitrogens with one attached hydrogen (secondary N) is 1. The molecule has 2 aromatic rings. The molecule has 0 aliphatic carbocycles. The van der Waals surface area contributed by atoms with E-state index < -0.39 is 0 Å². The van der Waals surface area contributed by atoms with Crippen molar-refractivity contribution in [1.29, 1.82) is 0 Å². The summed E-state index contributed by atoms with van der Waals surface area (Å²) in [5.41, 5.74) is 9.70. The van der Waals surface area contributed by atoms with E-state index in [1.807, 2.05) is 32.0 Å². The average molecular weight is 401 g/mol. The predicted molar refractivity (Wildman–Crippen MR) is 92.5 cm³/mol. The van der Waals surface area contributed by atoms with Crippen LogP contribution in [0.2, 0.25) is 5.02 Å². The van der Waals surface area contributed by atoms with Crippen molar-refractivity contribution in [3.8, 4) is 0 Å². The van der Waals surface area contributed by atoms with E-state index in [1.54, 1.807) is 12.1 Å². The first kappa shape index (κ1) is 15.1. The molecule has 5 heteroatoms. The predicted octanol–water partition coefficient (Wildman–Crippen LogP) is 4.40. The average Bonchev–Trinajstić information content (AvgIpc) is 2.41. The van der Waals surface area contributed by atoms with Gasteiger partial charge in [0.1, 0.15) is 0 Å². The van der Waals surface area contributed by atoms with Gasteiger partial charge in [0.25, 0.3) is 5.91 Å². The number of carbonyl (C=O) groups excluding carboxylic acids is 1. The Kier molecular flexibility index (Phi) is 4.55. The Balaban J connectivity index is 2.38. The highest BCUT2D eigenvalue weighted by Crippen LogP contribution is 2.26. The van der Waals surface area contributed by atoms with Crippen LogP contribution in [-0.2, 0) is 0 Å². The number of halogens is 2. The molecule has 0 aliphatic rings. The molecule has 0 aromatic heterocycles. The topological polar surface area (TPSA) is 55.1 Å². The normalized spacial score (nSPS) is 10.4. The van der Waals surface area contributed by atoms with Crippen LogP contribution in [0.15, 0.2) is 30.3 Å². The van der Waals surface area contributed by atoms with Crippen LogP contribution in [0.4, 0.5) is 11.4 Å². The molecule has 0 radical (unpaired) electrons. The fourth-order valence-electron chi connectivity index (χ4n) is 1.91. The van der Waals surface area contributed by atoms with Crippen molar-refractivity contribution >= 4 is 51.5 Å². The van der Waals surface area contributed by atoms with Crippen molar-refractivity contribution in [2.24, 2.45) is 0 Å². The Labute approximate surface area is 136 Å². The van der Waals surface area contributed by atoms with Crippen LogP contribution in [0.5, 0.6) is 0 Å². The number of nitrogen functional groups attached to an aromatic ring is 1. The van der Waals surface area contributed by atoms with Gasteiger partial charge >= 0.3 is 0 Å². The molecule has 0 saturated carbocycles. The van der Waals surface area contributed by atoms with Gasteiger partial charge in [0.15, 0.2) is 0 Å². The number of anilines is 2. The molecular formula is C15H14ClIN2O. The maximum atomic E-state index is 12.4. The second-order valence-electron chi connectivity index (χ2n) is 4.55. The highest BCUT2D eigenvalue weighted by Gasteiger charge is 2.14. The van der Waals surface area contributed by atoms with Gasteiger partial charge in [-0.05, 0) is 71.8 Å². The first-order valence-electron chi connectivity index (χ1n) is 6.02. The van der Waals surface area contributed by atoms with Crippen LogP contribution < -0.4 is 11.1 Å². The summed E-state index contributed by atoms with van der Waals surface area (Å²) in [6.07, 6.45) is 0. The van der Waals surface area contributed by atoms with E-state index in [0.29, 0.717) is 16.3 Å². The molecule has 0 aliphatic heterocycles. The Morgan fingerprint density at radius 1 is 1.25 bits per heavy atom. The van der Waals surface area contributed by atoms with Crippen molar-refractivity contribution in [2.45, 2.75) is 13.8 Å². The highest BCUT2D eigenvalue weighted by molar-refractivity contribution is 14.1.